The lowest BCUT2D eigenvalue weighted by atomic mass is 9.96. The Kier molecular flexibility index (Phi) is 5.99. The van der Waals surface area contributed by atoms with E-state index in [9.17, 15) is 22.8 Å². The number of carboxylic acids is 1. The maximum absolute atomic E-state index is 13.0. The Balaban J connectivity index is 2.10. The number of nitrogens with zero attached hydrogens (tertiary/aromatic N) is 1. The number of halogens is 3. The summed E-state index contributed by atoms with van der Waals surface area (Å²) in [6, 6.07) is 5.78. The van der Waals surface area contributed by atoms with E-state index in [1.807, 2.05) is 13.8 Å². The lowest BCUT2D eigenvalue weighted by Gasteiger charge is -2.20. The van der Waals surface area contributed by atoms with Crippen LogP contribution in [-0.2, 0) is 4.79 Å². The molecule has 0 radical (unpaired) electrons. The Morgan fingerprint density at radius 1 is 1.31 bits per heavy atom. The summed E-state index contributed by atoms with van der Waals surface area (Å²) >= 11 is 0. The molecule has 2 atom stereocenters. The molecular weight excluding hydrogens is 353 g/mol. The number of carbonyl (C=O) groups excluding carboxylic acids is 1. The van der Waals surface area contributed by atoms with Gasteiger partial charge in [0.15, 0.2) is 0 Å². The summed E-state index contributed by atoms with van der Waals surface area (Å²) in [6.07, 6.45) is -4.68. The van der Waals surface area contributed by atoms with Crippen molar-refractivity contribution in [3.8, 4) is 5.75 Å². The summed E-state index contributed by atoms with van der Waals surface area (Å²) in [5, 5.41) is 11.5. The molecule has 0 unspecified atom stereocenters. The van der Waals surface area contributed by atoms with Crippen LogP contribution in [0.25, 0.3) is 0 Å². The second kappa shape index (κ2) is 7.84. The van der Waals surface area contributed by atoms with E-state index in [2.05, 4.69) is 5.32 Å². The van der Waals surface area contributed by atoms with Crippen LogP contribution in [0.1, 0.15) is 13.8 Å². The van der Waals surface area contributed by atoms with Gasteiger partial charge in [0.05, 0.1) is 24.1 Å². The quantitative estimate of drug-likeness (QED) is 0.827. The van der Waals surface area contributed by atoms with E-state index in [0.717, 1.165) is 4.90 Å². The van der Waals surface area contributed by atoms with Crippen LogP contribution < -0.4 is 10.1 Å². The summed E-state index contributed by atoms with van der Waals surface area (Å²) in [5.41, 5.74) is 0.320. The standard InChI is InChI=1S/C17H21F3N2O4/c1-10(2)9-26-14-6-4-3-5-13(14)21-16(25)22-7-11(15(23)24)12(8-22)17(18,19)20/h3-6,10-12H,7-9H2,1-2H3,(H,21,25)(H,23,24)/t11-,12-/m1/s1. The van der Waals surface area contributed by atoms with Gasteiger partial charge in [0.25, 0.3) is 0 Å². The number of carbonyl (C=O) groups is 2. The molecule has 9 heteroatoms. The third kappa shape index (κ3) is 4.80. The molecule has 2 amide bonds. The Morgan fingerprint density at radius 2 is 1.96 bits per heavy atom. The highest BCUT2D eigenvalue weighted by Gasteiger charge is 2.53. The molecule has 1 saturated heterocycles. The van der Waals surface area contributed by atoms with Crippen LogP contribution in [0.15, 0.2) is 24.3 Å². The van der Waals surface area contributed by atoms with Gasteiger partial charge in [0.1, 0.15) is 5.75 Å². The van der Waals surface area contributed by atoms with Gasteiger partial charge in [-0.1, -0.05) is 26.0 Å². The molecule has 2 N–H and O–H groups in total. The van der Waals surface area contributed by atoms with E-state index >= 15 is 0 Å². The first-order chi connectivity index (χ1) is 12.1. The van der Waals surface area contributed by atoms with Crippen molar-refractivity contribution in [2.24, 2.45) is 17.8 Å². The average molecular weight is 374 g/mol. The number of alkyl halides is 3. The molecule has 0 bridgehead atoms. The van der Waals surface area contributed by atoms with Gasteiger partial charge in [-0.3, -0.25) is 4.79 Å². The molecule has 26 heavy (non-hydrogen) atoms. The van der Waals surface area contributed by atoms with E-state index < -0.39 is 43.1 Å². The normalized spacial score (nSPS) is 20.3. The van der Waals surface area contributed by atoms with Gasteiger partial charge in [0.2, 0.25) is 0 Å². The highest BCUT2D eigenvalue weighted by Crippen LogP contribution is 2.38. The Bertz CT molecular complexity index is 664. The predicted octanol–water partition coefficient (Wildman–Crippen LogP) is 3.45. The topological polar surface area (TPSA) is 78.9 Å². The number of nitrogens with one attached hydrogen (secondary N) is 1. The molecule has 2 rings (SSSR count). The van der Waals surface area contributed by atoms with Gasteiger partial charge in [-0.15, -0.1) is 0 Å². The predicted molar refractivity (Wildman–Crippen MR) is 88.0 cm³/mol. The molecule has 6 nitrogen and oxygen atoms in total. The van der Waals surface area contributed by atoms with Crippen molar-refractivity contribution >= 4 is 17.7 Å². The first-order valence-electron chi connectivity index (χ1n) is 8.17. The average Bonchev–Trinajstić information content (AvgIpc) is 3.00. The van der Waals surface area contributed by atoms with Gasteiger partial charge >= 0.3 is 18.2 Å². The minimum Gasteiger partial charge on any atom is -0.491 e. The van der Waals surface area contributed by atoms with Gasteiger partial charge in [-0.05, 0) is 18.1 Å². The molecule has 0 aliphatic carbocycles. The fraction of sp³-hybridized carbons (Fsp3) is 0.529. The number of rotatable bonds is 5. The van der Waals surface area contributed by atoms with Crippen molar-refractivity contribution in [2.75, 3.05) is 25.0 Å². The molecule has 1 aliphatic rings. The molecule has 1 aliphatic heterocycles. The Morgan fingerprint density at radius 3 is 2.50 bits per heavy atom. The molecule has 1 fully saturated rings. The van der Waals surface area contributed by atoms with Gasteiger partial charge in [-0.25, -0.2) is 4.79 Å². The van der Waals surface area contributed by atoms with Crippen LogP contribution in [0, 0.1) is 17.8 Å². The third-order valence-electron chi connectivity index (χ3n) is 4.05. The van der Waals surface area contributed by atoms with Gasteiger partial charge in [-0.2, -0.15) is 13.2 Å². The van der Waals surface area contributed by atoms with E-state index in [-0.39, 0.29) is 5.92 Å². The van der Waals surface area contributed by atoms with Crippen LogP contribution in [0.2, 0.25) is 0 Å². The Hall–Kier alpha value is -2.45. The van der Waals surface area contributed by atoms with Crippen LogP contribution in [0.3, 0.4) is 0 Å². The summed E-state index contributed by atoms with van der Waals surface area (Å²) in [6.45, 7) is 3.12. The molecule has 1 heterocycles. The maximum atomic E-state index is 13.0. The van der Waals surface area contributed by atoms with Crippen molar-refractivity contribution in [1.82, 2.24) is 4.90 Å². The van der Waals surface area contributed by atoms with Crippen LogP contribution in [0.4, 0.5) is 23.7 Å². The minimum absolute atomic E-state index is 0.251. The highest BCUT2D eigenvalue weighted by atomic mass is 19.4. The second-order valence-corrected chi connectivity index (χ2v) is 6.63. The highest BCUT2D eigenvalue weighted by molar-refractivity contribution is 5.91. The lowest BCUT2D eigenvalue weighted by Crippen LogP contribution is -2.35. The van der Waals surface area contributed by atoms with E-state index in [1.54, 1.807) is 24.3 Å². The fourth-order valence-corrected chi connectivity index (χ4v) is 2.70. The molecule has 1 aromatic carbocycles. The van der Waals surface area contributed by atoms with Crippen molar-refractivity contribution < 1.29 is 32.6 Å². The van der Waals surface area contributed by atoms with Gasteiger partial charge < -0.3 is 20.1 Å². The zero-order chi connectivity index (χ0) is 19.5. The summed E-state index contributed by atoms with van der Waals surface area (Å²) in [7, 11) is 0. The minimum atomic E-state index is -4.68. The number of aliphatic carboxylic acids is 1. The Labute approximate surface area is 148 Å². The molecular formula is C17H21F3N2O4. The summed E-state index contributed by atoms with van der Waals surface area (Å²) < 4.78 is 44.7. The second-order valence-electron chi connectivity index (χ2n) is 6.63. The number of hydrogen-bond donors (Lipinski definition) is 2. The molecule has 0 saturated carbocycles. The lowest BCUT2D eigenvalue weighted by molar-refractivity contribution is -0.187. The van der Waals surface area contributed by atoms with Crippen molar-refractivity contribution in [3.05, 3.63) is 24.3 Å². The van der Waals surface area contributed by atoms with Crippen LogP contribution in [-0.4, -0.2) is 47.9 Å². The van der Waals surface area contributed by atoms with E-state index in [0.29, 0.717) is 18.0 Å². The molecule has 144 valence electrons. The summed E-state index contributed by atoms with van der Waals surface area (Å²) in [4.78, 5) is 24.3. The maximum Gasteiger partial charge on any atom is 0.394 e. The number of amides is 2. The van der Waals surface area contributed by atoms with E-state index in [4.69, 9.17) is 9.84 Å². The van der Waals surface area contributed by atoms with Crippen molar-refractivity contribution in [1.29, 1.82) is 0 Å². The SMILES string of the molecule is CC(C)COc1ccccc1NC(=O)N1C[C@@H](C(F)(F)F)[C@H](C(=O)O)C1. The zero-order valence-corrected chi connectivity index (χ0v) is 14.4. The molecule has 0 aromatic heterocycles. The monoisotopic (exact) mass is 374 g/mol. The molecule has 0 spiro atoms. The number of likely N-dealkylation sites (tertiary alicyclic amines) is 1. The molecule has 1 aromatic rings. The smallest absolute Gasteiger partial charge is 0.394 e. The number of urea groups is 1. The van der Waals surface area contributed by atoms with Crippen molar-refractivity contribution in [3.63, 3.8) is 0 Å². The summed E-state index contributed by atoms with van der Waals surface area (Å²) in [5.74, 6) is -4.67. The third-order valence-corrected chi connectivity index (χ3v) is 4.05. The number of benzene rings is 1. The van der Waals surface area contributed by atoms with Gasteiger partial charge in [0, 0.05) is 13.1 Å². The van der Waals surface area contributed by atoms with E-state index in [1.165, 1.54) is 0 Å². The number of para-hydroxylation sites is 2. The number of carboxylic acid groups (broad SMARTS) is 1. The number of anilines is 1. The van der Waals surface area contributed by atoms with Crippen LogP contribution in [0.5, 0.6) is 5.75 Å². The van der Waals surface area contributed by atoms with Crippen LogP contribution >= 0.6 is 0 Å². The first-order valence-corrected chi connectivity index (χ1v) is 8.17. The fourth-order valence-electron chi connectivity index (χ4n) is 2.70. The zero-order valence-electron chi connectivity index (χ0n) is 14.4. The van der Waals surface area contributed by atoms with Crippen molar-refractivity contribution in [2.45, 2.75) is 20.0 Å². The largest absolute Gasteiger partial charge is 0.491 e. The number of hydrogen-bond acceptors (Lipinski definition) is 3. The number of ether oxygens (including phenoxy) is 1. The first kappa shape index (κ1) is 19.9.